The van der Waals surface area contributed by atoms with Crippen molar-refractivity contribution in [3.63, 3.8) is 0 Å². The van der Waals surface area contributed by atoms with Crippen molar-refractivity contribution in [1.29, 1.82) is 5.26 Å². The molecule has 1 atom stereocenters. The fourth-order valence-corrected chi connectivity index (χ4v) is 2.65. The van der Waals surface area contributed by atoms with Gasteiger partial charge in [0.05, 0.1) is 6.07 Å². The number of ketones is 1. The Morgan fingerprint density at radius 2 is 2.04 bits per heavy atom. The molecule has 0 unspecified atom stereocenters. The Labute approximate surface area is 137 Å². The highest BCUT2D eigenvalue weighted by Gasteiger charge is 2.29. The van der Waals surface area contributed by atoms with E-state index in [1.165, 1.54) is 0 Å². The van der Waals surface area contributed by atoms with E-state index in [2.05, 4.69) is 9.97 Å². The zero-order chi connectivity index (χ0) is 16.7. The molecule has 6 heteroatoms. The molecule has 6 nitrogen and oxygen atoms in total. The van der Waals surface area contributed by atoms with Crippen LogP contribution in [0, 0.1) is 18.3 Å². The molecule has 0 amide bonds. The minimum atomic E-state index is -1.12. The zero-order valence-corrected chi connectivity index (χ0v) is 12.8. The van der Waals surface area contributed by atoms with Crippen molar-refractivity contribution < 1.29 is 9.21 Å². The molecule has 0 spiro atoms. The van der Waals surface area contributed by atoms with Crippen molar-refractivity contribution in [2.24, 2.45) is 0 Å². The molecule has 3 aromatic heterocycles. The van der Waals surface area contributed by atoms with E-state index < -0.39 is 11.7 Å². The SMILES string of the molecule is Cc1cccc2nc(C(=O)[C@H](C#N)c3nc4ccccc4o3)cn12. The van der Waals surface area contributed by atoms with Crippen LogP contribution in [0.15, 0.2) is 53.1 Å². The summed E-state index contributed by atoms with van der Waals surface area (Å²) in [6.07, 6.45) is 1.64. The summed E-state index contributed by atoms with van der Waals surface area (Å²) in [5.41, 5.74) is 3.00. The molecule has 0 aliphatic carbocycles. The van der Waals surface area contributed by atoms with Crippen LogP contribution in [0.3, 0.4) is 0 Å². The second kappa shape index (κ2) is 5.32. The van der Waals surface area contributed by atoms with Gasteiger partial charge in [-0.3, -0.25) is 4.79 Å². The van der Waals surface area contributed by atoms with Gasteiger partial charge < -0.3 is 8.82 Å². The molecule has 0 saturated carbocycles. The molecule has 4 rings (SSSR count). The number of pyridine rings is 1. The first-order chi connectivity index (χ1) is 11.7. The third kappa shape index (κ3) is 2.15. The van der Waals surface area contributed by atoms with Crippen molar-refractivity contribution in [3.05, 3.63) is 65.9 Å². The molecule has 0 aliphatic heterocycles. The standard InChI is InChI=1S/C18H12N4O2/c1-11-5-4-8-16-20-14(10-22(11)16)17(23)12(9-19)18-21-13-6-2-3-7-15(13)24-18/h2-8,10,12H,1H3/t12-/m0/s1. The van der Waals surface area contributed by atoms with Gasteiger partial charge in [-0.1, -0.05) is 18.2 Å². The number of carbonyl (C=O) groups excluding carboxylic acids is 1. The summed E-state index contributed by atoms with van der Waals surface area (Å²) in [7, 11) is 0. The Hall–Kier alpha value is -3.46. The van der Waals surface area contributed by atoms with Crippen molar-refractivity contribution in [2.45, 2.75) is 12.8 Å². The van der Waals surface area contributed by atoms with Crippen LogP contribution in [0.5, 0.6) is 0 Å². The number of rotatable bonds is 3. The predicted molar refractivity (Wildman–Crippen MR) is 86.6 cm³/mol. The molecular weight excluding hydrogens is 304 g/mol. The van der Waals surface area contributed by atoms with Gasteiger partial charge >= 0.3 is 0 Å². The van der Waals surface area contributed by atoms with Gasteiger partial charge in [0.25, 0.3) is 0 Å². The first kappa shape index (κ1) is 14.2. The molecule has 0 fully saturated rings. The van der Waals surface area contributed by atoms with E-state index >= 15 is 0 Å². The lowest BCUT2D eigenvalue weighted by Gasteiger charge is -2.00. The molecule has 4 aromatic rings. The van der Waals surface area contributed by atoms with Crippen LogP contribution in [0.4, 0.5) is 0 Å². The van der Waals surface area contributed by atoms with E-state index in [4.69, 9.17) is 4.42 Å². The highest BCUT2D eigenvalue weighted by atomic mass is 16.3. The van der Waals surface area contributed by atoms with Crippen LogP contribution in [-0.2, 0) is 0 Å². The van der Waals surface area contributed by atoms with Crippen LogP contribution in [-0.4, -0.2) is 20.2 Å². The molecule has 24 heavy (non-hydrogen) atoms. The van der Waals surface area contributed by atoms with Crippen molar-refractivity contribution >= 4 is 22.5 Å². The predicted octanol–water partition coefficient (Wildman–Crippen LogP) is 3.27. The number of Topliss-reactive ketones (excluding diaryl/α,β-unsaturated/α-hetero) is 1. The van der Waals surface area contributed by atoms with E-state index in [-0.39, 0.29) is 11.6 Å². The second-order valence-electron chi connectivity index (χ2n) is 5.47. The summed E-state index contributed by atoms with van der Waals surface area (Å²) in [5, 5.41) is 9.46. The van der Waals surface area contributed by atoms with Gasteiger partial charge in [-0.05, 0) is 31.2 Å². The molecule has 0 bridgehead atoms. The Kier molecular flexibility index (Phi) is 3.14. The number of carbonyl (C=O) groups is 1. The molecule has 116 valence electrons. The number of imidazole rings is 1. The maximum Gasteiger partial charge on any atom is 0.220 e. The smallest absolute Gasteiger partial charge is 0.220 e. The minimum Gasteiger partial charge on any atom is -0.439 e. The van der Waals surface area contributed by atoms with E-state index in [1.54, 1.807) is 18.3 Å². The molecule has 0 radical (unpaired) electrons. The first-order valence-electron chi connectivity index (χ1n) is 7.41. The fourth-order valence-electron chi connectivity index (χ4n) is 2.65. The van der Waals surface area contributed by atoms with Gasteiger partial charge in [0.1, 0.15) is 16.9 Å². The van der Waals surface area contributed by atoms with Crippen molar-refractivity contribution in [2.75, 3.05) is 0 Å². The number of fused-ring (bicyclic) bond motifs is 2. The lowest BCUT2D eigenvalue weighted by atomic mass is 10.0. The Bertz CT molecular complexity index is 1080. The van der Waals surface area contributed by atoms with Crippen molar-refractivity contribution in [3.8, 4) is 6.07 Å². The molecule has 0 N–H and O–H groups in total. The monoisotopic (exact) mass is 316 g/mol. The number of hydrogen-bond donors (Lipinski definition) is 0. The van der Waals surface area contributed by atoms with E-state index in [9.17, 15) is 10.1 Å². The number of oxazole rings is 1. The van der Waals surface area contributed by atoms with Crippen LogP contribution < -0.4 is 0 Å². The van der Waals surface area contributed by atoms with Gasteiger partial charge in [-0.2, -0.15) is 5.26 Å². The Balaban J connectivity index is 1.77. The summed E-state index contributed by atoms with van der Waals surface area (Å²) < 4.78 is 7.39. The van der Waals surface area contributed by atoms with E-state index in [1.807, 2.05) is 47.7 Å². The zero-order valence-electron chi connectivity index (χ0n) is 12.8. The summed E-state index contributed by atoms with van der Waals surface area (Å²) in [4.78, 5) is 21.3. The second-order valence-corrected chi connectivity index (χ2v) is 5.47. The van der Waals surface area contributed by atoms with Gasteiger partial charge in [0.2, 0.25) is 11.7 Å². The maximum absolute atomic E-state index is 12.7. The molecule has 0 aliphatic rings. The minimum absolute atomic E-state index is 0.0949. The van der Waals surface area contributed by atoms with Gasteiger partial charge in [-0.25, -0.2) is 9.97 Å². The summed E-state index contributed by atoms with van der Waals surface area (Å²) in [6.45, 7) is 1.92. The van der Waals surface area contributed by atoms with Gasteiger partial charge in [-0.15, -0.1) is 0 Å². The number of hydrogen-bond acceptors (Lipinski definition) is 5. The number of nitriles is 1. The quantitative estimate of drug-likeness (QED) is 0.542. The number of nitrogens with zero attached hydrogens (tertiary/aromatic N) is 4. The number of para-hydroxylation sites is 2. The average molecular weight is 316 g/mol. The number of aryl methyl sites for hydroxylation is 1. The number of benzene rings is 1. The highest BCUT2D eigenvalue weighted by molar-refractivity contribution is 6.01. The molecule has 3 heterocycles. The summed E-state index contributed by atoms with van der Waals surface area (Å²) in [5.74, 6) is -1.45. The highest BCUT2D eigenvalue weighted by Crippen LogP contribution is 2.24. The van der Waals surface area contributed by atoms with Crippen LogP contribution in [0.1, 0.15) is 28.0 Å². The first-order valence-corrected chi connectivity index (χ1v) is 7.41. The van der Waals surface area contributed by atoms with Crippen LogP contribution in [0.2, 0.25) is 0 Å². The Morgan fingerprint density at radius 3 is 2.79 bits per heavy atom. The van der Waals surface area contributed by atoms with E-state index in [0.717, 1.165) is 5.69 Å². The van der Waals surface area contributed by atoms with Crippen LogP contribution in [0.25, 0.3) is 16.7 Å². The lowest BCUT2D eigenvalue weighted by molar-refractivity contribution is 0.0966. The lowest BCUT2D eigenvalue weighted by Crippen LogP contribution is -2.12. The largest absolute Gasteiger partial charge is 0.439 e. The van der Waals surface area contributed by atoms with E-state index in [0.29, 0.717) is 16.7 Å². The Morgan fingerprint density at radius 1 is 1.21 bits per heavy atom. The number of aromatic nitrogens is 3. The third-order valence-electron chi connectivity index (χ3n) is 3.90. The topological polar surface area (TPSA) is 84.2 Å². The summed E-state index contributed by atoms with van der Waals surface area (Å²) >= 11 is 0. The molecular formula is C18H12N4O2. The third-order valence-corrected chi connectivity index (χ3v) is 3.90. The van der Waals surface area contributed by atoms with Crippen LogP contribution >= 0.6 is 0 Å². The average Bonchev–Trinajstić information content (AvgIpc) is 3.19. The normalized spacial score (nSPS) is 12.3. The van der Waals surface area contributed by atoms with Gasteiger partial charge in [0, 0.05) is 11.9 Å². The fraction of sp³-hybridized carbons (Fsp3) is 0.111. The van der Waals surface area contributed by atoms with Crippen molar-refractivity contribution in [1.82, 2.24) is 14.4 Å². The summed E-state index contributed by atoms with van der Waals surface area (Å²) in [6, 6.07) is 14.7. The maximum atomic E-state index is 12.7. The van der Waals surface area contributed by atoms with Gasteiger partial charge in [0.15, 0.2) is 11.5 Å². The molecule has 0 saturated heterocycles. The molecule has 1 aromatic carbocycles.